The number of benzene rings is 1. The van der Waals surface area contributed by atoms with Gasteiger partial charge in [-0.2, -0.15) is 0 Å². The first-order chi connectivity index (χ1) is 9.17. The number of hydrogen-bond donors (Lipinski definition) is 2. The van der Waals surface area contributed by atoms with Crippen molar-refractivity contribution in [2.45, 2.75) is 6.54 Å². The lowest BCUT2D eigenvalue weighted by Gasteiger charge is -2.08. The second-order valence-corrected chi connectivity index (χ2v) is 4.04. The van der Waals surface area contributed by atoms with E-state index >= 15 is 0 Å². The van der Waals surface area contributed by atoms with Crippen molar-refractivity contribution in [1.29, 1.82) is 5.41 Å². The smallest absolute Gasteiger partial charge is 0.244 e. The largest absolute Gasteiger partial charge is 0.497 e. The SMILES string of the molecule is COc1ccc(NC(=O)Cn2ccc(=N)cc2)cc1. The molecule has 2 N–H and O–H groups in total. The van der Waals surface area contributed by atoms with Gasteiger partial charge in [-0.15, -0.1) is 0 Å². The number of ether oxygens (including phenoxy) is 1. The number of nitrogens with zero attached hydrogens (tertiary/aromatic N) is 1. The van der Waals surface area contributed by atoms with Crippen molar-refractivity contribution in [1.82, 2.24) is 4.57 Å². The molecule has 0 bridgehead atoms. The van der Waals surface area contributed by atoms with Crippen LogP contribution in [0.5, 0.6) is 5.75 Å². The third-order valence-electron chi connectivity index (χ3n) is 2.59. The van der Waals surface area contributed by atoms with E-state index in [1.165, 1.54) is 0 Å². The summed E-state index contributed by atoms with van der Waals surface area (Å²) in [4.78, 5) is 11.8. The van der Waals surface area contributed by atoms with Crippen LogP contribution in [0, 0.1) is 5.41 Å². The molecule has 0 fully saturated rings. The first-order valence-corrected chi connectivity index (χ1v) is 5.82. The first kappa shape index (κ1) is 12.9. The zero-order valence-electron chi connectivity index (χ0n) is 10.6. The zero-order valence-corrected chi connectivity index (χ0v) is 10.6. The molecule has 0 unspecified atom stereocenters. The van der Waals surface area contributed by atoms with Gasteiger partial charge in [0, 0.05) is 18.1 Å². The van der Waals surface area contributed by atoms with Gasteiger partial charge in [0.1, 0.15) is 12.3 Å². The average Bonchev–Trinajstić information content (AvgIpc) is 2.42. The average molecular weight is 257 g/mol. The van der Waals surface area contributed by atoms with E-state index in [4.69, 9.17) is 10.1 Å². The highest BCUT2D eigenvalue weighted by molar-refractivity contribution is 5.90. The van der Waals surface area contributed by atoms with E-state index in [-0.39, 0.29) is 12.5 Å². The van der Waals surface area contributed by atoms with Gasteiger partial charge in [-0.05, 0) is 36.4 Å². The molecule has 2 rings (SSSR count). The summed E-state index contributed by atoms with van der Waals surface area (Å²) in [6.45, 7) is 0.215. The van der Waals surface area contributed by atoms with Crippen LogP contribution in [0.1, 0.15) is 0 Å². The van der Waals surface area contributed by atoms with Crippen LogP contribution in [0.25, 0.3) is 0 Å². The van der Waals surface area contributed by atoms with Crippen LogP contribution in [0.15, 0.2) is 48.8 Å². The number of anilines is 1. The molecule has 19 heavy (non-hydrogen) atoms. The lowest BCUT2D eigenvalue weighted by molar-refractivity contribution is -0.116. The summed E-state index contributed by atoms with van der Waals surface area (Å²) in [5.74, 6) is 0.631. The predicted molar refractivity (Wildman–Crippen MR) is 71.9 cm³/mol. The molecular formula is C14H15N3O2. The van der Waals surface area contributed by atoms with Gasteiger partial charge >= 0.3 is 0 Å². The lowest BCUT2D eigenvalue weighted by atomic mass is 10.3. The molecule has 1 aromatic heterocycles. The molecule has 0 aliphatic carbocycles. The molecular weight excluding hydrogens is 242 g/mol. The molecule has 0 aliphatic rings. The molecule has 5 heteroatoms. The molecule has 0 radical (unpaired) electrons. The summed E-state index contributed by atoms with van der Waals surface area (Å²) in [6, 6.07) is 10.4. The number of carbonyl (C=O) groups is 1. The number of methoxy groups -OCH3 is 1. The van der Waals surface area contributed by atoms with E-state index in [1.807, 2.05) is 0 Å². The van der Waals surface area contributed by atoms with E-state index in [2.05, 4.69) is 5.32 Å². The zero-order chi connectivity index (χ0) is 13.7. The minimum absolute atomic E-state index is 0.118. The van der Waals surface area contributed by atoms with Gasteiger partial charge in [0.25, 0.3) is 0 Å². The van der Waals surface area contributed by atoms with E-state index in [0.717, 1.165) is 11.4 Å². The third-order valence-corrected chi connectivity index (χ3v) is 2.59. The minimum Gasteiger partial charge on any atom is -0.497 e. The van der Waals surface area contributed by atoms with Gasteiger partial charge in [0.2, 0.25) is 5.91 Å². The molecule has 0 saturated heterocycles. The first-order valence-electron chi connectivity index (χ1n) is 5.82. The monoisotopic (exact) mass is 257 g/mol. The van der Waals surface area contributed by atoms with E-state index in [1.54, 1.807) is 60.5 Å². The van der Waals surface area contributed by atoms with E-state index in [0.29, 0.717) is 5.36 Å². The van der Waals surface area contributed by atoms with Crippen molar-refractivity contribution < 1.29 is 9.53 Å². The Balaban J connectivity index is 1.96. The second-order valence-electron chi connectivity index (χ2n) is 4.04. The quantitative estimate of drug-likeness (QED) is 0.874. The molecule has 2 aromatic rings. The number of pyridine rings is 1. The van der Waals surface area contributed by atoms with Crippen molar-refractivity contribution in [2.24, 2.45) is 0 Å². The number of carbonyl (C=O) groups excluding carboxylic acids is 1. The fourth-order valence-corrected chi connectivity index (χ4v) is 1.60. The van der Waals surface area contributed by atoms with Crippen molar-refractivity contribution in [3.63, 3.8) is 0 Å². The molecule has 0 atom stereocenters. The van der Waals surface area contributed by atoms with Gasteiger partial charge < -0.3 is 20.0 Å². The topological polar surface area (TPSA) is 67.1 Å². The van der Waals surface area contributed by atoms with Crippen LogP contribution in [-0.4, -0.2) is 17.6 Å². The Morgan fingerprint density at radius 3 is 2.42 bits per heavy atom. The van der Waals surface area contributed by atoms with Gasteiger partial charge in [-0.3, -0.25) is 4.79 Å². The summed E-state index contributed by atoms with van der Waals surface area (Å²) >= 11 is 0. The van der Waals surface area contributed by atoms with Crippen LogP contribution in [-0.2, 0) is 11.3 Å². The van der Waals surface area contributed by atoms with Gasteiger partial charge in [0.15, 0.2) is 0 Å². The highest BCUT2D eigenvalue weighted by Gasteiger charge is 2.02. The molecule has 0 saturated carbocycles. The van der Waals surface area contributed by atoms with Crippen molar-refractivity contribution in [3.8, 4) is 5.75 Å². The summed E-state index contributed by atoms with van der Waals surface area (Å²) in [5.41, 5.74) is 0.725. The Bertz CT molecular complexity index is 597. The summed E-state index contributed by atoms with van der Waals surface area (Å²) in [5, 5.41) is 10.6. The van der Waals surface area contributed by atoms with E-state index < -0.39 is 0 Å². The molecule has 1 amide bonds. The Morgan fingerprint density at radius 1 is 1.21 bits per heavy atom. The maximum atomic E-state index is 11.8. The molecule has 1 heterocycles. The molecule has 1 aromatic carbocycles. The van der Waals surface area contributed by atoms with Crippen molar-refractivity contribution in [2.75, 3.05) is 12.4 Å². The lowest BCUT2D eigenvalue weighted by Crippen LogP contribution is -2.19. The standard InChI is InChI=1S/C14H15N3O2/c1-19-13-4-2-12(3-5-13)16-14(18)10-17-8-6-11(15)7-9-17/h2-9,15H,10H2,1H3,(H,16,18). The normalized spacial score (nSPS) is 9.95. The predicted octanol–water partition coefficient (Wildman–Crippen LogP) is 1.61. The van der Waals surface area contributed by atoms with Crippen LogP contribution in [0.4, 0.5) is 5.69 Å². The van der Waals surface area contributed by atoms with Gasteiger partial charge in [0.05, 0.1) is 12.5 Å². The number of nitrogens with one attached hydrogen (secondary N) is 2. The Morgan fingerprint density at radius 2 is 1.84 bits per heavy atom. The fourth-order valence-electron chi connectivity index (χ4n) is 1.60. The summed E-state index contributed by atoms with van der Waals surface area (Å²) < 4.78 is 6.77. The highest BCUT2D eigenvalue weighted by Crippen LogP contribution is 2.14. The number of amides is 1. The maximum absolute atomic E-state index is 11.8. The molecule has 0 aliphatic heterocycles. The van der Waals surface area contributed by atoms with Crippen LogP contribution < -0.4 is 15.4 Å². The summed E-state index contributed by atoms with van der Waals surface area (Å²) in [6.07, 6.45) is 3.41. The highest BCUT2D eigenvalue weighted by atomic mass is 16.5. The maximum Gasteiger partial charge on any atom is 0.244 e. The van der Waals surface area contributed by atoms with Crippen LogP contribution in [0.2, 0.25) is 0 Å². The fraction of sp³-hybridized carbons (Fsp3) is 0.143. The number of aromatic nitrogens is 1. The molecule has 5 nitrogen and oxygen atoms in total. The minimum atomic E-state index is -0.118. The molecule has 0 spiro atoms. The van der Waals surface area contributed by atoms with Gasteiger partial charge in [-0.25, -0.2) is 0 Å². The Kier molecular flexibility index (Phi) is 3.97. The van der Waals surface area contributed by atoms with Crippen molar-refractivity contribution >= 4 is 11.6 Å². The second kappa shape index (κ2) is 5.86. The molecule has 98 valence electrons. The Labute approximate surface area is 111 Å². The van der Waals surface area contributed by atoms with Crippen LogP contribution >= 0.6 is 0 Å². The van der Waals surface area contributed by atoms with Gasteiger partial charge in [-0.1, -0.05) is 0 Å². The van der Waals surface area contributed by atoms with E-state index in [9.17, 15) is 4.79 Å². The van der Waals surface area contributed by atoms with Crippen molar-refractivity contribution in [3.05, 3.63) is 54.1 Å². The third kappa shape index (κ3) is 3.70. The summed E-state index contributed by atoms with van der Waals surface area (Å²) in [7, 11) is 1.60. The number of rotatable bonds is 4. The van der Waals surface area contributed by atoms with Crippen LogP contribution in [0.3, 0.4) is 0 Å². The number of hydrogen-bond acceptors (Lipinski definition) is 3. The Hall–Kier alpha value is -2.56.